The summed E-state index contributed by atoms with van der Waals surface area (Å²) in [6.07, 6.45) is 1.92. The van der Waals surface area contributed by atoms with Gasteiger partial charge in [0, 0.05) is 57.1 Å². The second kappa shape index (κ2) is 7.53. The van der Waals surface area contributed by atoms with Gasteiger partial charge in [-0.05, 0) is 30.3 Å². The van der Waals surface area contributed by atoms with E-state index in [1.54, 1.807) is 6.92 Å². The maximum absolute atomic E-state index is 11.6. The molecule has 0 radical (unpaired) electrons. The van der Waals surface area contributed by atoms with E-state index in [0.717, 1.165) is 66.8 Å². The van der Waals surface area contributed by atoms with E-state index in [1.807, 2.05) is 41.4 Å². The van der Waals surface area contributed by atoms with Crippen LogP contribution in [0.25, 0.3) is 16.9 Å². The summed E-state index contributed by atoms with van der Waals surface area (Å²) in [6, 6.07) is 9.77. The van der Waals surface area contributed by atoms with Gasteiger partial charge in [-0.3, -0.25) is 9.69 Å². The molecule has 0 saturated carbocycles. The van der Waals surface area contributed by atoms with Gasteiger partial charge in [-0.1, -0.05) is 0 Å². The molecule has 1 aromatic carbocycles. The average molecular weight is 407 g/mol. The van der Waals surface area contributed by atoms with Crippen molar-refractivity contribution in [1.82, 2.24) is 19.2 Å². The lowest BCUT2D eigenvalue weighted by Crippen LogP contribution is -2.47. The number of anilines is 1. The van der Waals surface area contributed by atoms with Gasteiger partial charge in [0.1, 0.15) is 18.9 Å². The number of carbonyl (C=O) groups excluding carboxylic acids is 1. The van der Waals surface area contributed by atoms with Crippen molar-refractivity contribution in [2.75, 3.05) is 45.1 Å². The number of hydrogen-bond donors (Lipinski definition) is 1. The summed E-state index contributed by atoms with van der Waals surface area (Å²) in [5, 5.41) is 0. The number of carbonyl (C=O) groups is 1. The molecule has 30 heavy (non-hydrogen) atoms. The standard InChI is InChI=1S/C22H25N5O3/c1-15(28)26-8-6-25(7-9-26)14-18-22(24-21-5-3-17(23)13-27(18)21)16-2-4-19-20(12-16)30-11-10-29-19/h2-5,12-13H,6-11,14,23H2,1H3. The molecule has 1 saturated heterocycles. The van der Waals surface area contributed by atoms with Crippen molar-refractivity contribution in [1.29, 1.82) is 0 Å². The van der Waals surface area contributed by atoms with Gasteiger partial charge in [-0.2, -0.15) is 0 Å². The van der Waals surface area contributed by atoms with Crippen LogP contribution >= 0.6 is 0 Å². The first-order valence-corrected chi connectivity index (χ1v) is 10.2. The normalized spacial score (nSPS) is 16.8. The van der Waals surface area contributed by atoms with Crippen LogP contribution in [0.4, 0.5) is 5.69 Å². The Labute approximate surface area is 174 Å². The maximum atomic E-state index is 11.6. The summed E-state index contributed by atoms with van der Waals surface area (Å²) in [6.45, 7) is 6.61. The third-order valence-electron chi connectivity index (χ3n) is 5.75. The van der Waals surface area contributed by atoms with Crippen LogP contribution in [0.3, 0.4) is 0 Å². The highest BCUT2D eigenvalue weighted by atomic mass is 16.6. The largest absolute Gasteiger partial charge is 0.486 e. The number of pyridine rings is 1. The molecule has 1 fully saturated rings. The van der Waals surface area contributed by atoms with Gasteiger partial charge >= 0.3 is 0 Å². The van der Waals surface area contributed by atoms with Crippen molar-refractivity contribution in [3.8, 4) is 22.8 Å². The SMILES string of the molecule is CC(=O)N1CCN(Cc2c(-c3ccc4c(c3)OCCO4)nc3ccc(N)cn23)CC1. The molecule has 2 aromatic heterocycles. The predicted octanol–water partition coefficient (Wildman–Crippen LogP) is 2.02. The summed E-state index contributed by atoms with van der Waals surface area (Å²) in [4.78, 5) is 20.8. The highest BCUT2D eigenvalue weighted by molar-refractivity contribution is 5.73. The second-order valence-electron chi connectivity index (χ2n) is 7.74. The quantitative estimate of drug-likeness (QED) is 0.715. The van der Waals surface area contributed by atoms with Crippen LogP contribution in [0.15, 0.2) is 36.5 Å². The van der Waals surface area contributed by atoms with Crippen LogP contribution in [0, 0.1) is 0 Å². The smallest absolute Gasteiger partial charge is 0.219 e. The van der Waals surface area contributed by atoms with Gasteiger partial charge in [0.15, 0.2) is 11.5 Å². The van der Waals surface area contributed by atoms with Gasteiger partial charge in [0.2, 0.25) is 5.91 Å². The van der Waals surface area contributed by atoms with Crippen LogP contribution in [-0.4, -0.2) is 64.5 Å². The molecule has 1 amide bonds. The number of benzene rings is 1. The number of imidazole rings is 1. The molecule has 0 aliphatic carbocycles. The molecule has 8 heteroatoms. The Morgan fingerprint density at radius 2 is 1.83 bits per heavy atom. The number of amides is 1. The van der Waals surface area contributed by atoms with Gasteiger partial charge in [0.05, 0.1) is 11.4 Å². The summed E-state index contributed by atoms with van der Waals surface area (Å²) >= 11 is 0. The van der Waals surface area contributed by atoms with Crippen LogP contribution in [0.1, 0.15) is 12.6 Å². The lowest BCUT2D eigenvalue weighted by Gasteiger charge is -2.34. The molecular weight excluding hydrogens is 382 g/mol. The molecule has 0 spiro atoms. The number of ether oxygens (including phenoxy) is 2. The number of fused-ring (bicyclic) bond motifs is 2. The molecule has 2 aliphatic rings. The van der Waals surface area contributed by atoms with Gasteiger partial charge in [-0.15, -0.1) is 0 Å². The van der Waals surface area contributed by atoms with E-state index in [4.69, 9.17) is 20.2 Å². The third kappa shape index (κ3) is 3.43. The zero-order chi connectivity index (χ0) is 20.7. The fourth-order valence-electron chi connectivity index (χ4n) is 4.12. The van der Waals surface area contributed by atoms with Crippen molar-refractivity contribution >= 4 is 17.2 Å². The summed E-state index contributed by atoms with van der Waals surface area (Å²) in [5.74, 6) is 1.64. The zero-order valence-corrected chi connectivity index (χ0v) is 17.0. The van der Waals surface area contributed by atoms with Gasteiger partial charge in [0.25, 0.3) is 0 Å². The first kappa shape index (κ1) is 18.7. The minimum atomic E-state index is 0.134. The molecule has 5 rings (SSSR count). The van der Waals surface area contributed by atoms with Crippen molar-refractivity contribution in [3.63, 3.8) is 0 Å². The molecular formula is C22H25N5O3. The Morgan fingerprint density at radius 3 is 2.60 bits per heavy atom. The number of nitrogen functional groups attached to an aromatic ring is 1. The summed E-state index contributed by atoms with van der Waals surface area (Å²) in [5.41, 5.74) is 10.6. The van der Waals surface area contributed by atoms with E-state index < -0.39 is 0 Å². The van der Waals surface area contributed by atoms with Crippen LogP contribution < -0.4 is 15.2 Å². The molecule has 0 bridgehead atoms. The van der Waals surface area contributed by atoms with Crippen molar-refractivity contribution < 1.29 is 14.3 Å². The number of nitrogens with zero attached hydrogens (tertiary/aromatic N) is 4. The fraction of sp³-hybridized carbons (Fsp3) is 0.364. The summed E-state index contributed by atoms with van der Waals surface area (Å²) in [7, 11) is 0. The van der Waals surface area contributed by atoms with Crippen LogP contribution in [-0.2, 0) is 11.3 Å². The van der Waals surface area contributed by atoms with E-state index in [2.05, 4.69) is 9.30 Å². The average Bonchev–Trinajstić information content (AvgIpc) is 3.11. The highest BCUT2D eigenvalue weighted by Gasteiger charge is 2.23. The minimum absolute atomic E-state index is 0.134. The van der Waals surface area contributed by atoms with Crippen molar-refractivity contribution in [2.24, 2.45) is 0 Å². The van der Waals surface area contributed by atoms with Crippen molar-refractivity contribution in [3.05, 3.63) is 42.2 Å². The Kier molecular flexibility index (Phi) is 4.71. The van der Waals surface area contributed by atoms with Crippen LogP contribution in [0.2, 0.25) is 0 Å². The molecule has 156 valence electrons. The fourth-order valence-corrected chi connectivity index (χ4v) is 4.12. The molecule has 0 atom stereocenters. The van der Waals surface area contributed by atoms with E-state index >= 15 is 0 Å². The molecule has 8 nitrogen and oxygen atoms in total. The second-order valence-corrected chi connectivity index (χ2v) is 7.74. The first-order valence-electron chi connectivity index (χ1n) is 10.2. The van der Waals surface area contributed by atoms with E-state index in [1.165, 1.54) is 0 Å². The van der Waals surface area contributed by atoms with Crippen molar-refractivity contribution in [2.45, 2.75) is 13.5 Å². The zero-order valence-electron chi connectivity index (χ0n) is 17.0. The van der Waals surface area contributed by atoms with E-state index in [-0.39, 0.29) is 5.91 Å². The molecule has 2 aliphatic heterocycles. The van der Waals surface area contributed by atoms with Gasteiger partial charge in [-0.25, -0.2) is 4.98 Å². The van der Waals surface area contributed by atoms with E-state index in [9.17, 15) is 4.79 Å². The lowest BCUT2D eigenvalue weighted by atomic mass is 10.1. The monoisotopic (exact) mass is 407 g/mol. The first-order chi connectivity index (χ1) is 14.6. The summed E-state index contributed by atoms with van der Waals surface area (Å²) < 4.78 is 13.5. The Bertz CT molecular complexity index is 1100. The number of piperazine rings is 1. The number of rotatable bonds is 3. The Balaban J connectivity index is 1.52. The topological polar surface area (TPSA) is 85.3 Å². The minimum Gasteiger partial charge on any atom is -0.486 e. The van der Waals surface area contributed by atoms with Gasteiger partial charge < -0.3 is 24.5 Å². The molecule has 4 heterocycles. The van der Waals surface area contributed by atoms with Crippen LogP contribution in [0.5, 0.6) is 11.5 Å². The van der Waals surface area contributed by atoms with E-state index in [0.29, 0.717) is 18.9 Å². The Hall–Kier alpha value is -3.26. The molecule has 3 aromatic rings. The molecule has 0 unspecified atom stereocenters. The highest BCUT2D eigenvalue weighted by Crippen LogP contribution is 2.36. The number of nitrogens with two attached hydrogens (primary N) is 1. The predicted molar refractivity (Wildman–Crippen MR) is 114 cm³/mol. The number of hydrogen-bond acceptors (Lipinski definition) is 6. The number of aromatic nitrogens is 2. The lowest BCUT2D eigenvalue weighted by molar-refractivity contribution is -0.130. The third-order valence-corrected chi connectivity index (χ3v) is 5.75. The maximum Gasteiger partial charge on any atom is 0.219 e. The Morgan fingerprint density at radius 1 is 1.07 bits per heavy atom. The molecule has 2 N–H and O–H groups in total.